The predicted molar refractivity (Wildman–Crippen MR) is 193 cm³/mol. The second-order valence-electron chi connectivity index (χ2n) is 15.9. The monoisotopic (exact) mass is 1060 g/mol. The van der Waals surface area contributed by atoms with Crippen LogP contribution in [0.3, 0.4) is 0 Å². The lowest BCUT2D eigenvalue weighted by molar-refractivity contribution is -0.483. The zero-order chi connectivity index (χ0) is 53.4. The molecule has 0 N–H and O–H groups in total. The van der Waals surface area contributed by atoms with Crippen molar-refractivity contribution in [1.82, 2.24) is 0 Å². The summed E-state index contributed by atoms with van der Waals surface area (Å²) in [6.07, 6.45) is -12.1. The summed E-state index contributed by atoms with van der Waals surface area (Å²) in [6, 6.07) is 12.1. The number of alkyl halides is 23. The van der Waals surface area contributed by atoms with Crippen LogP contribution in [0, 0.1) is 5.41 Å². The van der Waals surface area contributed by atoms with Crippen LogP contribution in [0.4, 0.5) is 101 Å². The standard InChI is InChI=1S/C41H33F23O6/c1-30(21-67-22-30)20-66-18-4-2-3-5-19-68-26-12-10-25(11-13-26)29(65)69-27-14-6-23(7-15-27)24-8-16-28(17-9-24)70-41(63,64)39(58,59)37(54,55)35(50,51)33(46,47)31(42,43)32(44,45)34(48,49)36(52,53)38(56,57)40(60,61)62/h6-17H,2-5,18-22H2,1H3. The first kappa shape index (κ1) is 57.6. The molecule has 0 aromatic heterocycles. The van der Waals surface area contributed by atoms with Crippen LogP contribution in [-0.2, 0) is 9.47 Å². The molecule has 394 valence electrons. The molecule has 0 aliphatic carbocycles. The Kier molecular flexibility index (Phi) is 16.1. The first-order valence-electron chi connectivity index (χ1n) is 19.5. The summed E-state index contributed by atoms with van der Waals surface area (Å²) in [6.45, 7) is 5.09. The second kappa shape index (κ2) is 19.6. The Morgan fingerprint density at radius 3 is 1.24 bits per heavy atom. The van der Waals surface area contributed by atoms with Gasteiger partial charge in [-0.25, -0.2) is 4.79 Å². The van der Waals surface area contributed by atoms with Gasteiger partial charge in [-0.05, 0) is 78.9 Å². The number of hydrogen-bond donors (Lipinski definition) is 0. The molecule has 0 radical (unpaired) electrons. The highest BCUT2D eigenvalue weighted by Crippen LogP contribution is 2.67. The summed E-state index contributed by atoms with van der Waals surface area (Å²) in [4.78, 5) is 12.7. The predicted octanol–water partition coefficient (Wildman–Crippen LogP) is 13.8. The first-order valence-corrected chi connectivity index (χ1v) is 19.5. The molecule has 70 heavy (non-hydrogen) atoms. The first-order chi connectivity index (χ1) is 31.7. The van der Waals surface area contributed by atoms with Crippen molar-refractivity contribution < 1.29 is 129 Å². The van der Waals surface area contributed by atoms with Crippen molar-refractivity contribution >= 4 is 5.97 Å². The molecule has 0 unspecified atom stereocenters. The van der Waals surface area contributed by atoms with E-state index in [4.69, 9.17) is 18.9 Å². The zero-order valence-electron chi connectivity index (χ0n) is 34.9. The van der Waals surface area contributed by atoms with Gasteiger partial charge in [0.15, 0.2) is 0 Å². The van der Waals surface area contributed by atoms with E-state index in [9.17, 15) is 106 Å². The molecule has 1 heterocycles. The summed E-state index contributed by atoms with van der Waals surface area (Å²) >= 11 is 0. The van der Waals surface area contributed by atoms with Gasteiger partial charge < -0.3 is 23.7 Å². The minimum absolute atomic E-state index is 0.0590. The van der Waals surface area contributed by atoms with Crippen molar-refractivity contribution in [2.24, 2.45) is 5.41 Å². The molecule has 1 aliphatic heterocycles. The zero-order valence-corrected chi connectivity index (χ0v) is 34.9. The number of benzene rings is 3. The van der Waals surface area contributed by atoms with E-state index in [0.717, 1.165) is 37.8 Å². The van der Waals surface area contributed by atoms with E-state index in [-0.39, 0.29) is 40.0 Å². The normalized spacial score (nSPS) is 15.9. The fourth-order valence-corrected chi connectivity index (χ4v) is 5.94. The maximum atomic E-state index is 14.5. The highest BCUT2D eigenvalue weighted by Gasteiger charge is 2.99. The maximum absolute atomic E-state index is 14.5. The molecular weight excluding hydrogens is 1030 g/mol. The van der Waals surface area contributed by atoms with Crippen molar-refractivity contribution in [1.29, 1.82) is 0 Å². The molecule has 0 atom stereocenters. The van der Waals surface area contributed by atoms with Gasteiger partial charge >= 0.3 is 71.6 Å². The van der Waals surface area contributed by atoms with Crippen LogP contribution in [0.5, 0.6) is 17.2 Å². The number of carbonyl (C=O) groups is 1. The summed E-state index contributed by atoms with van der Waals surface area (Å²) in [7, 11) is 0. The Balaban J connectivity index is 1.37. The number of hydrogen-bond acceptors (Lipinski definition) is 6. The minimum Gasteiger partial charge on any atom is -0.494 e. The Hall–Kier alpha value is -4.96. The summed E-state index contributed by atoms with van der Waals surface area (Å²) in [5, 5.41) is 0. The van der Waals surface area contributed by atoms with Gasteiger partial charge in [0.25, 0.3) is 0 Å². The molecule has 0 saturated carbocycles. The van der Waals surface area contributed by atoms with Crippen molar-refractivity contribution in [3.05, 3.63) is 78.4 Å². The number of ether oxygens (including phenoxy) is 5. The Labute approximate surface area is 378 Å². The number of unbranched alkanes of at least 4 members (excludes halogenated alkanes) is 3. The van der Waals surface area contributed by atoms with Gasteiger partial charge in [-0.3, -0.25) is 0 Å². The van der Waals surface area contributed by atoms with Gasteiger partial charge in [0.1, 0.15) is 17.2 Å². The van der Waals surface area contributed by atoms with Crippen molar-refractivity contribution in [2.75, 3.05) is 33.0 Å². The smallest absolute Gasteiger partial charge is 0.471 e. The number of halogens is 23. The van der Waals surface area contributed by atoms with Gasteiger partial charge in [-0.15, -0.1) is 0 Å². The van der Waals surface area contributed by atoms with Crippen molar-refractivity contribution in [3.8, 4) is 28.4 Å². The third-order valence-electron chi connectivity index (χ3n) is 10.3. The molecule has 0 spiro atoms. The van der Waals surface area contributed by atoms with Crippen LogP contribution in [0.25, 0.3) is 11.1 Å². The van der Waals surface area contributed by atoms with E-state index in [1.807, 2.05) is 0 Å². The third-order valence-corrected chi connectivity index (χ3v) is 10.3. The fraction of sp³-hybridized carbons (Fsp3) is 0.537. The van der Waals surface area contributed by atoms with Crippen LogP contribution in [0.1, 0.15) is 43.0 Å². The van der Waals surface area contributed by atoms with Gasteiger partial charge in [0.2, 0.25) is 0 Å². The number of carbonyl (C=O) groups excluding carboxylic acids is 1. The summed E-state index contributed by atoms with van der Waals surface area (Å²) < 4.78 is 341. The van der Waals surface area contributed by atoms with E-state index in [1.54, 1.807) is 0 Å². The van der Waals surface area contributed by atoms with Crippen molar-refractivity contribution in [3.63, 3.8) is 0 Å². The topological polar surface area (TPSA) is 63.2 Å². The molecule has 3 aromatic rings. The molecule has 3 aromatic carbocycles. The highest BCUT2D eigenvalue weighted by molar-refractivity contribution is 5.91. The lowest BCUT2D eigenvalue weighted by Gasteiger charge is -2.45. The number of esters is 1. The SMILES string of the molecule is CC1(COCCCCCCOc2ccc(C(=O)Oc3ccc(-c4ccc(OC(F)(F)C(F)(F)C(F)(F)C(F)(F)C(F)(F)C(F)(F)C(F)(F)C(F)(F)C(F)(F)C(F)(F)C(F)(F)F)cc4)cc3)cc2)COC1. The van der Waals surface area contributed by atoms with E-state index in [2.05, 4.69) is 11.7 Å². The molecule has 0 amide bonds. The van der Waals surface area contributed by atoms with Gasteiger partial charge in [0.05, 0.1) is 32.0 Å². The Morgan fingerprint density at radius 2 is 0.843 bits per heavy atom. The van der Waals surface area contributed by atoms with E-state index >= 15 is 0 Å². The van der Waals surface area contributed by atoms with Gasteiger partial charge in [0, 0.05) is 12.0 Å². The number of rotatable bonds is 24. The van der Waals surface area contributed by atoms with E-state index in [1.165, 1.54) is 36.4 Å². The molecule has 1 aliphatic rings. The molecule has 29 heteroatoms. The van der Waals surface area contributed by atoms with E-state index in [0.29, 0.717) is 50.9 Å². The minimum atomic E-state index is -9.49. The largest absolute Gasteiger partial charge is 0.494 e. The van der Waals surface area contributed by atoms with Crippen LogP contribution < -0.4 is 14.2 Å². The Morgan fingerprint density at radius 1 is 0.471 bits per heavy atom. The molecule has 6 nitrogen and oxygen atoms in total. The molecular formula is C41H33F23O6. The molecule has 1 saturated heterocycles. The fourth-order valence-electron chi connectivity index (χ4n) is 5.94. The van der Waals surface area contributed by atoms with E-state index < -0.39 is 77.3 Å². The maximum Gasteiger partial charge on any atom is 0.471 e. The molecule has 4 rings (SSSR count). The summed E-state index contributed by atoms with van der Waals surface area (Å²) in [5.41, 5.74) is 0.0774. The van der Waals surface area contributed by atoms with Crippen molar-refractivity contribution in [2.45, 2.75) is 98.2 Å². The second-order valence-corrected chi connectivity index (χ2v) is 15.9. The van der Waals surface area contributed by atoms with Gasteiger partial charge in [-0.2, -0.15) is 101 Å². The van der Waals surface area contributed by atoms with Crippen LogP contribution in [0.2, 0.25) is 0 Å². The molecule has 0 bridgehead atoms. The highest BCUT2D eigenvalue weighted by atomic mass is 19.4. The quantitative estimate of drug-likeness (QED) is 0.0386. The molecule has 1 fully saturated rings. The van der Waals surface area contributed by atoms with Gasteiger partial charge in [-0.1, -0.05) is 37.6 Å². The average molecular weight is 1060 g/mol. The lowest BCUT2D eigenvalue weighted by Crippen LogP contribution is -2.77. The summed E-state index contributed by atoms with van der Waals surface area (Å²) in [5.74, 6) is -84.2. The van der Waals surface area contributed by atoms with Crippen LogP contribution >= 0.6 is 0 Å². The van der Waals surface area contributed by atoms with Crippen LogP contribution in [0.15, 0.2) is 72.8 Å². The Bertz CT molecular complexity index is 2230. The average Bonchev–Trinajstić information content (AvgIpc) is 3.24. The van der Waals surface area contributed by atoms with Crippen LogP contribution in [-0.4, -0.2) is 105 Å². The lowest BCUT2D eigenvalue weighted by atomic mass is 9.86. The third kappa shape index (κ3) is 10.4.